The number of methoxy groups -OCH3 is 1. The zero-order valence-corrected chi connectivity index (χ0v) is 15.7. The molecular formula is C20H30O5. The van der Waals surface area contributed by atoms with Crippen molar-refractivity contribution in [1.29, 1.82) is 0 Å². The Morgan fingerprint density at radius 2 is 2.24 bits per heavy atom. The molecule has 5 heteroatoms. The first kappa shape index (κ1) is 19.7. The summed E-state index contributed by atoms with van der Waals surface area (Å²) in [6, 6.07) is 0. The zero-order chi connectivity index (χ0) is 18.2. The van der Waals surface area contributed by atoms with Crippen LogP contribution in [0, 0.1) is 11.8 Å². The minimum Gasteiger partial charge on any atom is -0.471 e. The minimum absolute atomic E-state index is 0.0193. The van der Waals surface area contributed by atoms with Crippen LogP contribution in [0.3, 0.4) is 0 Å². The van der Waals surface area contributed by atoms with Crippen molar-refractivity contribution < 1.29 is 23.7 Å². The first-order valence-corrected chi connectivity index (χ1v) is 9.19. The van der Waals surface area contributed by atoms with E-state index in [1.54, 1.807) is 0 Å². The van der Waals surface area contributed by atoms with E-state index < -0.39 is 6.29 Å². The standard InChI is InChI=1S/C20H30O5/c1-5-7-8-9-10-15-11-12-16-17(19(21)22-4)13-24-20(18(15)16)25-14(3)23-6-2/h9-11,13-14,16,18,20H,5-8,12H2,1-4H3/b10-9+. The number of allylic oxidation sites excluding steroid dienone is 3. The normalized spacial score (nSPS) is 26.6. The molecule has 2 rings (SSSR count). The Morgan fingerprint density at radius 3 is 2.92 bits per heavy atom. The average Bonchev–Trinajstić information content (AvgIpc) is 3.03. The molecule has 25 heavy (non-hydrogen) atoms. The van der Waals surface area contributed by atoms with Crippen LogP contribution in [0.5, 0.6) is 0 Å². The Hall–Kier alpha value is -1.59. The van der Waals surface area contributed by atoms with Crippen molar-refractivity contribution in [3.8, 4) is 0 Å². The molecule has 0 aromatic rings. The van der Waals surface area contributed by atoms with E-state index in [0.29, 0.717) is 12.2 Å². The lowest BCUT2D eigenvalue weighted by Crippen LogP contribution is -2.39. The van der Waals surface area contributed by atoms with Gasteiger partial charge in [-0.25, -0.2) is 4.79 Å². The fourth-order valence-electron chi connectivity index (χ4n) is 3.38. The van der Waals surface area contributed by atoms with Gasteiger partial charge in [-0.15, -0.1) is 0 Å². The summed E-state index contributed by atoms with van der Waals surface area (Å²) in [5.41, 5.74) is 1.73. The molecule has 4 atom stereocenters. The van der Waals surface area contributed by atoms with E-state index >= 15 is 0 Å². The second kappa shape index (κ2) is 9.78. The Labute approximate surface area is 150 Å². The number of carbonyl (C=O) groups is 1. The summed E-state index contributed by atoms with van der Waals surface area (Å²) in [5, 5.41) is 0. The average molecular weight is 350 g/mol. The van der Waals surface area contributed by atoms with Crippen LogP contribution >= 0.6 is 0 Å². The molecule has 5 nitrogen and oxygen atoms in total. The van der Waals surface area contributed by atoms with Crippen molar-refractivity contribution in [2.45, 2.75) is 59.0 Å². The van der Waals surface area contributed by atoms with Gasteiger partial charge in [0.05, 0.1) is 24.9 Å². The minimum atomic E-state index is -0.468. The van der Waals surface area contributed by atoms with Gasteiger partial charge in [0.25, 0.3) is 0 Å². The molecule has 1 aliphatic carbocycles. The summed E-state index contributed by atoms with van der Waals surface area (Å²) in [4.78, 5) is 12.1. The van der Waals surface area contributed by atoms with Crippen molar-refractivity contribution in [1.82, 2.24) is 0 Å². The first-order chi connectivity index (χ1) is 12.1. The largest absolute Gasteiger partial charge is 0.471 e. The van der Waals surface area contributed by atoms with Gasteiger partial charge in [0.2, 0.25) is 6.29 Å². The van der Waals surface area contributed by atoms with E-state index in [0.717, 1.165) is 18.4 Å². The zero-order valence-electron chi connectivity index (χ0n) is 15.7. The third kappa shape index (κ3) is 4.95. The lowest BCUT2D eigenvalue weighted by molar-refractivity contribution is -0.242. The van der Waals surface area contributed by atoms with Gasteiger partial charge < -0.3 is 18.9 Å². The number of carbonyl (C=O) groups excluding carboxylic acids is 1. The smallest absolute Gasteiger partial charge is 0.337 e. The maximum absolute atomic E-state index is 12.1. The third-order valence-electron chi connectivity index (χ3n) is 4.63. The molecule has 140 valence electrons. The molecule has 4 unspecified atom stereocenters. The number of fused-ring (bicyclic) bond motifs is 1. The van der Waals surface area contributed by atoms with Gasteiger partial charge in [-0.2, -0.15) is 0 Å². The van der Waals surface area contributed by atoms with Crippen LogP contribution in [-0.2, 0) is 23.7 Å². The Bertz CT molecular complexity index is 534. The predicted octanol–water partition coefficient (Wildman–Crippen LogP) is 4.11. The molecule has 0 radical (unpaired) electrons. The molecule has 0 saturated carbocycles. The Balaban J connectivity index is 2.16. The van der Waals surface area contributed by atoms with Gasteiger partial charge in [0.15, 0.2) is 6.29 Å². The molecule has 0 amide bonds. The number of hydrogen-bond acceptors (Lipinski definition) is 5. The van der Waals surface area contributed by atoms with Gasteiger partial charge in [-0.05, 0) is 32.3 Å². The summed E-state index contributed by atoms with van der Waals surface area (Å²) in [5.74, 6) is -0.346. The maximum atomic E-state index is 12.1. The van der Waals surface area contributed by atoms with E-state index in [-0.39, 0.29) is 24.1 Å². The van der Waals surface area contributed by atoms with Crippen molar-refractivity contribution in [2.75, 3.05) is 13.7 Å². The Kier molecular flexibility index (Phi) is 7.72. The number of unbranched alkanes of at least 4 members (excludes halogenated alkanes) is 2. The summed E-state index contributed by atoms with van der Waals surface area (Å²) in [6.45, 7) is 6.54. The fourth-order valence-corrected chi connectivity index (χ4v) is 3.38. The highest BCUT2D eigenvalue weighted by Crippen LogP contribution is 2.44. The van der Waals surface area contributed by atoms with Crippen LogP contribution in [0.1, 0.15) is 46.5 Å². The van der Waals surface area contributed by atoms with Gasteiger partial charge in [0.1, 0.15) is 0 Å². The molecule has 0 saturated heterocycles. The van der Waals surface area contributed by atoms with Crippen LogP contribution in [-0.4, -0.2) is 32.3 Å². The van der Waals surface area contributed by atoms with Crippen molar-refractivity contribution in [2.24, 2.45) is 11.8 Å². The highest BCUT2D eigenvalue weighted by Gasteiger charge is 2.44. The van der Waals surface area contributed by atoms with Gasteiger partial charge in [0, 0.05) is 12.5 Å². The number of ether oxygens (including phenoxy) is 4. The van der Waals surface area contributed by atoms with Crippen molar-refractivity contribution in [3.63, 3.8) is 0 Å². The maximum Gasteiger partial charge on any atom is 0.337 e. The van der Waals surface area contributed by atoms with E-state index in [9.17, 15) is 4.79 Å². The van der Waals surface area contributed by atoms with E-state index in [2.05, 4.69) is 25.2 Å². The quantitative estimate of drug-likeness (QED) is 0.356. The van der Waals surface area contributed by atoms with Crippen molar-refractivity contribution >= 4 is 5.97 Å². The topological polar surface area (TPSA) is 54.0 Å². The SMILES string of the molecule is CCCC/C=C/C1=CCC2C(C(=O)OC)=COC(OC(C)OCC)C12. The Morgan fingerprint density at radius 1 is 1.44 bits per heavy atom. The van der Waals surface area contributed by atoms with E-state index in [4.69, 9.17) is 18.9 Å². The number of esters is 1. The molecule has 0 fully saturated rings. The summed E-state index contributed by atoms with van der Waals surface area (Å²) in [7, 11) is 1.39. The van der Waals surface area contributed by atoms with Gasteiger partial charge >= 0.3 is 5.97 Å². The number of hydrogen-bond donors (Lipinski definition) is 0. The molecule has 0 aromatic carbocycles. The molecule has 1 heterocycles. The van der Waals surface area contributed by atoms with Crippen LogP contribution in [0.25, 0.3) is 0 Å². The van der Waals surface area contributed by atoms with Gasteiger partial charge in [-0.1, -0.05) is 38.0 Å². The summed E-state index contributed by atoms with van der Waals surface area (Å²) >= 11 is 0. The highest BCUT2D eigenvalue weighted by molar-refractivity contribution is 5.89. The monoisotopic (exact) mass is 350 g/mol. The fraction of sp³-hybridized carbons (Fsp3) is 0.650. The molecule has 0 bridgehead atoms. The molecule has 0 aromatic heterocycles. The van der Waals surface area contributed by atoms with E-state index in [1.165, 1.54) is 26.2 Å². The summed E-state index contributed by atoms with van der Waals surface area (Å²) < 4.78 is 22.1. The second-order valence-corrected chi connectivity index (χ2v) is 6.35. The van der Waals surface area contributed by atoms with Crippen LogP contribution in [0.15, 0.2) is 35.6 Å². The second-order valence-electron chi connectivity index (χ2n) is 6.35. The lowest BCUT2D eigenvalue weighted by Gasteiger charge is -2.35. The molecule has 0 spiro atoms. The molecule has 1 aliphatic heterocycles. The van der Waals surface area contributed by atoms with E-state index in [1.807, 2.05) is 13.8 Å². The van der Waals surface area contributed by atoms with Gasteiger partial charge in [-0.3, -0.25) is 0 Å². The predicted molar refractivity (Wildman–Crippen MR) is 95.5 cm³/mol. The third-order valence-corrected chi connectivity index (χ3v) is 4.63. The first-order valence-electron chi connectivity index (χ1n) is 9.19. The van der Waals surface area contributed by atoms with Crippen LogP contribution in [0.4, 0.5) is 0 Å². The molecule has 0 N–H and O–H groups in total. The number of rotatable bonds is 9. The van der Waals surface area contributed by atoms with Crippen LogP contribution in [0.2, 0.25) is 0 Å². The van der Waals surface area contributed by atoms with Crippen molar-refractivity contribution in [3.05, 3.63) is 35.6 Å². The van der Waals surface area contributed by atoms with Crippen LogP contribution < -0.4 is 0 Å². The highest BCUT2D eigenvalue weighted by atomic mass is 16.8. The molecule has 2 aliphatic rings. The molecular weight excluding hydrogens is 320 g/mol. The lowest BCUT2D eigenvalue weighted by atomic mass is 9.83. The summed E-state index contributed by atoms with van der Waals surface area (Å²) in [6.07, 6.45) is 11.3.